The van der Waals surface area contributed by atoms with Crippen molar-refractivity contribution >= 4 is 24.2 Å². The Morgan fingerprint density at radius 3 is 2.38 bits per heavy atom. The van der Waals surface area contributed by atoms with Gasteiger partial charge >= 0.3 is 0 Å². The van der Waals surface area contributed by atoms with Gasteiger partial charge in [0.05, 0.1) is 0 Å². The topological polar surface area (TPSA) is 72.8 Å². The molecule has 2 saturated heterocycles. The molecule has 2 aromatic rings. The number of thioether (sulfide) groups is 1. The summed E-state index contributed by atoms with van der Waals surface area (Å²) in [5, 5.41) is 7.45. The number of benzene rings is 1. The largest absolute Gasteiger partial charge is 0.483 e. The Kier molecular flexibility index (Phi) is 8.11. The van der Waals surface area contributed by atoms with E-state index in [0.717, 1.165) is 43.1 Å². The number of likely N-dealkylation sites (tertiary alicyclic amines) is 1. The van der Waals surface area contributed by atoms with Crippen LogP contribution in [0.25, 0.3) is 0 Å². The summed E-state index contributed by atoms with van der Waals surface area (Å²) in [6.07, 6.45) is 6.73. The Morgan fingerprint density at radius 2 is 1.79 bits per heavy atom. The van der Waals surface area contributed by atoms with Crippen LogP contribution in [0.15, 0.2) is 47.6 Å². The van der Waals surface area contributed by atoms with Crippen molar-refractivity contribution in [3.63, 3.8) is 0 Å². The van der Waals surface area contributed by atoms with Crippen molar-refractivity contribution in [3.8, 4) is 0 Å². The third kappa shape index (κ3) is 5.90. The van der Waals surface area contributed by atoms with Crippen molar-refractivity contribution in [2.45, 2.75) is 62.4 Å². The monoisotopic (exact) mass is 483 g/mol. The highest BCUT2D eigenvalue weighted by atomic mass is 32.2. The van der Waals surface area contributed by atoms with Gasteiger partial charge in [-0.3, -0.25) is 14.6 Å². The van der Waals surface area contributed by atoms with E-state index in [1.165, 1.54) is 31.5 Å². The number of hydrogen-bond donors (Lipinski definition) is 1. The predicted molar refractivity (Wildman–Crippen MR) is 137 cm³/mol. The summed E-state index contributed by atoms with van der Waals surface area (Å²) in [5.41, 5.74) is 2.04. The fourth-order valence-electron chi connectivity index (χ4n) is 5.72. The van der Waals surface area contributed by atoms with Crippen molar-refractivity contribution in [3.05, 3.63) is 48.3 Å². The summed E-state index contributed by atoms with van der Waals surface area (Å²) in [7, 11) is 0. The van der Waals surface area contributed by atoms with Gasteiger partial charge in [0.15, 0.2) is 0 Å². The first kappa shape index (κ1) is 24.9. The zero-order valence-electron chi connectivity index (χ0n) is 20.5. The maximum Gasteiger partial charge on any atom is 0.290 e. The maximum atomic E-state index is 8.36. The molecule has 0 bridgehead atoms. The van der Waals surface area contributed by atoms with Gasteiger partial charge in [-0.15, -0.1) is 11.8 Å². The first-order valence-corrected chi connectivity index (χ1v) is 13.1. The van der Waals surface area contributed by atoms with Crippen LogP contribution in [0.3, 0.4) is 0 Å². The summed E-state index contributed by atoms with van der Waals surface area (Å²) in [6.45, 7) is 13.4. The molecule has 1 unspecified atom stereocenters. The molecule has 1 spiro atoms. The van der Waals surface area contributed by atoms with E-state index >= 15 is 0 Å². The highest BCUT2D eigenvalue weighted by Gasteiger charge is 2.53. The van der Waals surface area contributed by atoms with Gasteiger partial charge < -0.3 is 10.0 Å². The van der Waals surface area contributed by atoms with Crippen LogP contribution in [0.4, 0.5) is 5.95 Å². The lowest BCUT2D eigenvalue weighted by Gasteiger charge is -2.62. The second-order valence-corrected chi connectivity index (χ2v) is 11.9. The molecular weight excluding hydrogens is 446 g/mol. The maximum absolute atomic E-state index is 8.36. The Balaban J connectivity index is 0.000000868. The number of hydrogen-bond acceptors (Lipinski definition) is 7. The first-order chi connectivity index (χ1) is 16.4. The summed E-state index contributed by atoms with van der Waals surface area (Å²) in [5.74, 6) is 0.890. The van der Waals surface area contributed by atoms with Gasteiger partial charge in [-0.25, -0.2) is 9.97 Å². The Labute approximate surface area is 207 Å². The third-order valence-corrected chi connectivity index (χ3v) is 8.08. The van der Waals surface area contributed by atoms with Crippen molar-refractivity contribution in [2.75, 3.05) is 37.6 Å². The van der Waals surface area contributed by atoms with Gasteiger partial charge in [-0.2, -0.15) is 0 Å². The standard InChI is InChI=1S/C25H35N5S.CH2O2/c1-19(2)31-23-13-26-24(27-14-23)30-10-9-29(15-20(30)3)22-11-25(12-22)17-28(18-25)16-21-7-5-4-6-8-21;2-1-3/h4-8,13-14,19-20,22H,9-12,15-18H2,1-3H3;1H,(H,2,3). The number of aromatic nitrogens is 2. The fraction of sp³-hybridized carbons (Fsp3) is 0.577. The summed E-state index contributed by atoms with van der Waals surface area (Å²) >= 11 is 1.82. The number of piperazine rings is 1. The van der Waals surface area contributed by atoms with E-state index in [0.29, 0.717) is 16.7 Å². The van der Waals surface area contributed by atoms with E-state index in [-0.39, 0.29) is 6.47 Å². The summed E-state index contributed by atoms with van der Waals surface area (Å²) in [4.78, 5) is 26.6. The number of nitrogens with zero attached hydrogens (tertiary/aromatic N) is 5. The molecule has 1 saturated carbocycles. The predicted octanol–water partition coefficient (Wildman–Crippen LogP) is 3.85. The van der Waals surface area contributed by atoms with Crippen molar-refractivity contribution < 1.29 is 9.90 Å². The van der Waals surface area contributed by atoms with Gasteiger partial charge in [0, 0.05) is 73.9 Å². The van der Waals surface area contributed by atoms with E-state index in [4.69, 9.17) is 9.90 Å². The number of carboxylic acid groups (broad SMARTS) is 1. The molecule has 0 amide bonds. The fourth-order valence-corrected chi connectivity index (χ4v) is 6.49. The van der Waals surface area contributed by atoms with Crippen molar-refractivity contribution in [2.24, 2.45) is 5.41 Å². The molecule has 7 nitrogen and oxygen atoms in total. The first-order valence-electron chi connectivity index (χ1n) is 12.2. The highest BCUT2D eigenvalue weighted by molar-refractivity contribution is 7.99. The smallest absolute Gasteiger partial charge is 0.290 e. The third-order valence-electron chi connectivity index (χ3n) is 7.12. The van der Waals surface area contributed by atoms with Gasteiger partial charge in [0.1, 0.15) is 0 Å². The molecule has 3 fully saturated rings. The van der Waals surface area contributed by atoms with Crippen molar-refractivity contribution in [1.29, 1.82) is 0 Å². The molecule has 1 atom stereocenters. The zero-order chi connectivity index (χ0) is 24.1. The molecule has 34 heavy (non-hydrogen) atoms. The molecule has 8 heteroatoms. The molecule has 1 aromatic heterocycles. The second-order valence-electron chi connectivity index (χ2n) is 10.2. The van der Waals surface area contributed by atoms with Crippen LogP contribution in [0.5, 0.6) is 0 Å². The Morgan fingerprint density at radius 1 is 1.15 bits per heavy atom. The van der Waals surface area contributed by atoms with Gasteiger partial charge in [0.2, 0.25) is 5.95 Å². The molecule has 184 valence electrons. The lowest BCUT2D eigenvalue weighted by Crippen LogP contribution is -2.68. The van der Waals surface area contributed by atoms with E-state index in [1.54, 1.807) is 0 Å². The minimum atomic E-state index is -0.250. The molecule has 5 rings (SSSR count). The van der Waals surface area contributed by atoms with Crippen LogP contribution in [-0.2, 0) is 11.3 Å². The Hall–Kier alpha value is -2.16. The molecule has 1 aliphatic carbocycles. The molecule has 2 aliphatic heterocycles. The van der Waals surface area contributed by atoms with Crippen LogP contribution < -0.4 is 4.90 Å². The van der Waals surface area contributed by atoms with Gasteiger partial charge in [0.25, 0.3) is 6.47 Å². The number of carbonyl (C=O) groups is 1. The van der Waals surface area contributed by atoms with E-state index in [9.17, 15) is 0 Å². The summed E-state index contributed by atoms with van der Waals surface area (Å²) in [6, 6.07) is 12.1. The molecular formula is C26H37N5O2S. The number of rotatable bonds is 6. The van der Waals surface area contributed by atoms with E-state index in [1.807, 2.05) is 24.2 Å². The van der Waals surface area contributed by atoms with Gasteiger partial charge in [-0.1, -0.05) is 44.2 Å². The SMILES string of the molecule is CC(C)Sc1cnc(N2CCN(C3CC4(C3)CN(Cc3ccccc3)C4)CC2C)nc1.O=CO. The molecule has 3 heterocycles. The van der Waals surface area contributed by atoms with Crippen LogP contribution in [0, 0.1) is 5.41 Å². The average molecular weight is 484 g/mol. The van der Waals surface area contributed by atoms with Crippen LogP contribution in [0.1, 0.15) is 39.2 Å². The van der Waals surface area contributed by atoms with Crippen LogP contribution >= 0.6 is 11.8 Å². The van der Waals surface area contributed by atoms with Crippen molar-refractivity contribution in [1.82, 2.24) is 19.8 Å². The lowest BCUT2D eigenvalue weighted by atomic mass is 9.60. The van der Waals surface area contributed by atoms with Crippen LogP contribution in [-0.4, -0.2) is 81.4 Å². The normalized spacial score (nSPS) is 22.6. The molecule has 3 aliphatic rings. The number of anilines is 1. The van der Waals surface area contributed by atoms with Crippen LogP contribution in [0.2, 0.25) is 0 Å². The summed E-state index contributed by atoms with van der Waals surface area (Å²) < 4.78 is 0. The second kappa shape index (κ2) is 11.1. The van der Waals surface area contributed by atoms with E-state index < -0.39 is 0 Å². The van der Waals surface area contributed by atoms with E-state index in [2.05, 4.69) is 75.8 Å². The zero-order valence-corrected chi connectivity index (χ0v) is 21.3. The molecule has 1 aromatic carbocycles. The average Bonchev–Trinajstić information content (AvgIpc) is 2.76. The minimum absolute atomic E-state index is 0.250. The molecule has 0 radical (unpaired) electrons. The van der Waals surface area contributed by atoms with Gasteiger partial charge in [-0.05, 0) is 30.7 Å². The molecule has 1 N–H and O–H groups in total. The minimum Gasteiger partial charge on any atom is -0.483 e. The quantitative estimate of drug-likeness (QED) is 0.491. The lowest BCUT2D eigenvalue weighted by molar-refractivity contribution is -0.122. The Bertz CT molecular complexity index is 913. The highest BCUT2D eigenvalue weighted by Crippen LogP contribution is 2.50.